The number of benzene rings is 3. The van der Waals surface area contributed by atoms with Gasteiger partial charge in [-0.15, -0.1) is 0 Å². The summed E-state index contributed by atoms with van der Waals surface area (Å²) in [6.45, 7) is 12.3. The van der Waals surface area contributed by atoms with E-state index >= 15 is 0 Å². The number of halogens is 2. The zero-order valence-electron chi connectivity index (χ0n) is 21.0. The van der Waals surface area contributed by atoms with E-state index < -0.39 is 0 Å². The van der Waals surface area contributed by atoms with Crippen LogP contribution < -0.4 is 0 Å². The Morgan fingerprint density at radius 3 is 2.19 bits per heavy atom. The fraction of sp³-hybridized carbons (Fsp3) is 0.219. The van der Waals surface area contributed by atoms with Gasteiger partial charge in [-0.1, -0.05) is 99.1 Å². The molecule has 0 N–H and O–H groups in total. The van der Waals surface area contributed by atoms with E-state index in [0.717, 1.165) is 38.6 Å². The molecule has 1 aromatic heterocycles. The SMILES string of the molecule is C.C=C(C)/C=C(/c1cccc(Cl)c1)c1cc(C(c2ccc(Cl)cc2)c2cncn2C)ccc1C.CC. The minimum atomic E-state index is 0. The van der Waals surface area contributed by atoms with Crippen molar-refractivity contribution in [2.75, 3.05) is 0 Å². The molecule has 4 aromatic rings. The molecule has 0 radical (unpaired) electrons. The Labute approximate surface area is 226 Å². The Bertz CT molecular complexity index is 1330. The maximum atomic E-state index is 6.34. The molecule has 1 unspecified atom stereocenters. The number of hydrogen-bond acceptors (Lipinski definition) is 1. The first kappa shape index (κ1) is 29.2. The van der Waals surface area contributed by atoms with Gasteiger partial charge in [-0.25, -0.2) is 4.98 Å². The monoisotopic (exact) mass is 518 g/mol. The van der Waals surface area contributed by atoms with Gasteiger partial charge in [0.1, 0.15) is 0 Å². The molecular formula is C32H36Cl2N2. The van der Waals surface area contributed by atoms with E-state index in [4.69, 9.17) is 23.2 Å². The second-order valence-electron chi connectivity index (χ2n) is 8.40. The number of aromatic nitrogens is 2. The number of hydrogen-bond donors (Lipinski definition) is 0. The van der Waals surface area contributed by atoms with E-state index in [2.05, 4.69) is 65.5 Å². The quantitative estimate of drug-likeness (QED) is 0.232. The van der Waals surface area contributed by atoms with Crippen LogP contribution in [-0.4, -0.2) is 9.55 Å². The lowest BCUT2D eigenvalue weighted by Gasteiger charge is -2.21. The molecule has 188 valence electrons. The smallest absolute Gasteiger partial charge is 0.0945 e. The molecule has 1 atom stereocenters. The van der Waals surface area contributed by atoms with Crippen molar-refractivity contribution in [3.8, 4) is 0 Å². The average molecular weight is 520 g/mol. The van der Waals surface area contributed by atoms with Crippen molar-refractivity contribution in [1.29, 1.82) is 0 Å². The van der Waals surface area contributed by atoms with Crippen LogP contribution in [-0.2, 0) is 7.05 Å². The molecule has 4 rings (SSSR count). The molecule has 0 spiro atoms. The molecule has 36 heavy (non-hydrogen) atoms. The van der Waals surface area contributed by atoms with Crippen LogP contribution >= 0.6 is 23.2 Å². The molecule has 0 aliphatic heterocycles. The van der Waals surface area contributed by atoms with E-state index in [-0.39, 0.29) is 13.3 Å². The molecular weight excluding hydrogens is 483 g/mol. The molecule has 3 aromatic carbocycles. The van der Waals surface area contributed by atoms with E-state index in [1.165, 1.54) is 11.1 Å². The van der Waals surface area contributed by atoms with Crippen LogP contribution in [0, 0.1) is 6.92 Å². The average Bonchev–Trinajstić information content (AvgIpc) is 3.26. The Hall–Kier alpha value is -3.07. The molecule has 0 saturated carbocycles. The van der Waals surface area contributed by atoms with Gasteiger partial charge < -0.3 is 4.57 Å². The Kier molecular flexibility index (Phi) is 10.8. The zero-order valence-corrected chi connectivity index (χ0v) is 22.5. The lowest BCUT2D eigenvalue weighted by Crippen LogP contribution is -2.09. The Balaban J connectivity index is 0.00000148. The van der Waals surface area contributed by atoms with Crippen LogP contribution in [0.15, 0.2) is 97.5 Å². The molecule has 0 amide bonds. The minimum Gasteiger partial charge on any atom is -0.337 e. The van der Waals surface area contributed by atoms with Gasteiger partial charge >= 0.3 is 0 Å². The highest BCUT2D eigenvalue weighted by atomic mass is 35.5. The van der Waals surface area contributed by atoms with Gasteiger partial charge in [0.2, 0.25) is 0 Å². The largest absolute Gasteiger partial charge is 0.337 e. The van der Waals surface area contributed by atoms with Crippen molar-refractivity contribution in [2.45, 2.75) is 41.0 Å². The molecule has 4 heteroatoms. The predicted molar refractivity (Wildman–Crippen MR) is 158 cm³/mol. The van der Waals surface area contributed by atoms with Crippen molar-refractivity contribution < 1.29 is 0 Å². The summed E-state index contributed by atoms with van der Waals surface area (Å²) in [5, 5.41) is 1.43. The van der Waals surface area contributed by atoms with E-state index in [0.29, 0.717) is 5.02 Å². The topological polar surface area (TPSA) is 17.8 Å². The zero-order chi connectivity index (χ0) is 25.5. The highest BCUT2D eigenvalue weighted by Gasteiger charge is 2.21. The third kappa shape index (κ3) is 6.78. The molecule has 0 saturated heterocycles. The molecule has 0 aliphatic carbocycles. The normalized spacial score (nSPS) is 11.7. The van der Waals surface area contributed by atoms with Crippen LogP contribution in [0.25, 0.3) is 5.57 Å². The van der Waals surface area contributed by atoms with Crippen LogP contribution in [0.3, 0.4) is 0 Å². The molecule has 2 nitrogen and oxygen atoms in total. The fourth-order valence-corrected chi connectivity index (χ4v) is 4.48. The lowest BCUT2D eigenvalue weighted by molar-refractivity contribution is 0.792. The maximum absolute atomic E-state index is 6.34. The first-order valence-corrected chi connectivity index (χ1v) is 12.5. The number of nitrogens with zero attached hydrogens (tertiary/aromatic N) is 2. The van der Waals surface area contributed by atoms with Crippen LogP contribution in [0.4, 0.5) is 0 Å². The van der Waals surface area contributed by atoms with Gasteiger partial charge in [0, 0.05) is 29.0 Å². The summed E-state index contributed by atoms with van der Waals surface area (Å²) >= 11 is 12.5. The first-order chi connectivity index (χ1) is 16.8. The molecule has 0 fully saturated rings. The first-order valence-electron chi connectivity index (χ1n) is 11.8. The fourth-order valence-electron chi connectivity index (χ4n) is 4.16. The van der Waals surface area contributed by atoms with E-state index in [9.17, 15) is 0 Å². The summed E-state index contributed by atoms with van der Waals surface area (Å²) in [4.78, 5) is 4.38. The Morgan fingerprint density at radius 1 is 0.944 bits per heavy atom. The number of rotatable bonds is 6. The minimum absolute atomic E-state index is 0. The Morgan fingerprint density at radius 2 is 1.61 bits per heavy atom. The highest BCUT2D eigenvalue weighted by molar-refractivity contribution is 6.31. The van der Waals surface area contributed by atoms with Crippen LogP contribution in [0.2, 0.25) is 10.0 Å². The molecule has 0 aliphatic rings. The molecule has 1 heterocycles. The van der Waals surface area contributed by atoms with Crippen molar-refractivity contribution in [1.82, 2.24) is 9.55 Å². The third-order valence-corrected chi connectivity index (χ3v) is 6.25. The van der Waals surface area contributed by atoms with Crippen molar-refractivity contribution in [3.63, 3.8) is 0 Å². The number of imidazole rings is 1. The van der Waals surface area contributed by atoms with Gasteiger partial charge in [0.05, 0.1) is 12.2 Å². The van der Waals surface area contributed by atoms with Crippen molar-refractivity contribution in [3.05, 3.63) is 141 Å². The molecule has 0 bridgehead atoms. The summed E-state index contributed by atoms with van der Waals surface area (Å²) in [6.07, 6.45) is 5.89. The summed E-state index contributed by atoms with van der Waals surface area (Å²) in [5.41, 5.74) is 8.93. The second kappa shape index (κ2) is 13.3. The van der Waals surface area contributed by atoms with Gasteiger partial charge in [-0.3, -0.25) is 0 Å². The number of aryl methyl sites for hydroxylation is 2. The van der Waals surface area contributed by atoms with Crippen molar-refractivity contribution >= 4 is 28.8 Å². The van der Waals surface area contributed by atoms with Gasteiger partial charge in [-0.05, 0) is 77.6 Å². The van der Waals surface area contributed by atoms with Gasteiger partial charge in [-0.2, -0.15) is 0 Å². The van der Waals surface area contributed by atoms with Gasteiger partial charge in [0.25, 0.3) is 0 Å². The summed E-state index contributed by atoms with van der Waals surface area (Å²) < 4.78 is 2.07. The second-order valence-corrected chi connectivity index (χ2v) is 9.28. The predicted octanol–water partition coefficient (Wildman–Crippen LogP) is 9.89. The number of allylic oxidation sites excluding steroid dienone is 2. The lowest BCUT2D eigenvalue weighted by atomic mass is 9.84. The van der Waals surface area contributed by atoms with Crippen LogP contribution in [0.1, 0.15) is 67.6 Å². The summed E-state index contributed by atoms with van der Waals surface area (Å²) in [6, 6.07) is 22.7. The third-order valence-electron chi connectivity index (χ3n) is 5.76. The summed E-state index contributed by atoms with van der Waals surface area (Å²) in [7, 11) is 2.03. The summed E-state index contributed by atoms with van der Waals surface area (Å²) in [5.74, 6) is 0.0135. The maximum Gasteiger partial charge on any atom is 0.0945 e. The van der Waals surface area contributed by atoms with Gasteiger partial charge in [0.15, 0.2) is 0 Å². The van der Waals surface area contributed by atoms with Crippen LogP contribution in [0.5, 0.6) is 0 Å². The van der Waals surface area contributed by atoms with E-state index in [1.807, 2.05) is 70.7 Å². The van der Waals surface area contributed by atoms with E-state index in [1.54, 1.807) is 0 Å². The van der Waals surface area contributed by atoms with Crippen molar-refractivity contribution in [2.24, 2.45) is 7.05 Å². The highest BCUT2D eigenvalue weighted by Crippen LogP contribution is 2.36. The standard InChI is InChI=1S/C29H26Cl2N2.C2H6.CH4/c1-19(2)14-27(22-6-5-7-25(31)15-22)26-16-23(9-8-20(26)3)29(28-17-32-18-33(28)4)21-10-12-24(30)13-11-21;1-2;/h5-18,29H,1H2,2-4H3;1-2H3;1H4/b27-14-;;.